The van der Waals surface area contributed by atoms with Crippen molar-refractivity contribution in [1.29, 1.82) is 0 Å². The molecule has 0 N–H and O–H groups in total. The maximum Gasteiger partial charge on any atom is 0.0448 e. The van der Waals surface area contributed by atoms with Gasteiger partial charge in [-0.3, -0.25) is 0 Å². The average molecular weight is 310 g/mol. The summed E-state index contributed by atoms with van der Waals surface area (Å²) in [6.07, 6.45) is 3.34. The third-order valence-electron chi connectivity index (χ3n) is 5.54. The van der Waals surface area contributed by atoms with Gasteiger partial charge >= 0.3 is 0 Å². The number of likely N-dealkylation sites (N-methyl/N-ethyl adjacent to an activating group) is 1. The van der Waals surface area contributed by atoms with Gasteiger partial charge in [0.15, 0.2) is 0 Å². The first-order valence-corrected chi connectivity index (χ1v) is 8.70. The number of hydrogen-bond donors (Lipinski definition) is 0. The molecule has 124 valence electrons. The highest BCUT2D eigenvalue weighted by molar-refractivity contribution is 5.70. The molecule has 1 saturated heterocycles. The minimum atomic E-state index is 0.129. The van der Waals surface area contributed by atoms with Crippen LogP contribution in [-0.4, -0.2) is 25.0 Å². The quantitative estimate of drug-likeness (QED) is 0.764. The Hall–Kier alpha value is -1.70. The normalized spacial score (nSPS) is 20.1. The molecule has 0 amide bonds. The molecule has 2 nitrogen and oxygen atoms in total. The van der Waals surface area contributed by atoms with E-state index in [0.717, 1.165) is 32.4 Å². The summed E-state index contributed by atoms with van der Waals surface area (Å²) in [4.78, 5) is 4.78. The van der Waals surface area contributed by atoms with Gasteiger partial charge in [0.25, 0.3) is 0 Å². The number of anilines is 1. The number of allylic oxidation sites excluding steroid dienone is 2. The second-order valence-electron chi connectivity index (χ2n) is 8.40. The molecule has 0 atom stereocenters. The van der Waals surface area contributed by atoms with Crippen LogP contribution in [0.25, 0.3) is 0 Å². The zero-order valence-electron chi connectivity index (χ0n) is 15.2. The largest absolute Gasteiger partial charge is 0.375 e. The predicted octanol–water partition coefficient (Wildman–Crippen LogP) is 4.93. The predicted molar refractivity (Wildman–Crippen MR) is 99.7 cm³/mol. The van der Waals surface area contributed by atoms with Gasteiger partial charge < -0.3 is 9.80 Å². The highest BCUT2D eigenvalue weighted by atomic mass is 15.2. The van der Waals surface area contributed by atoms with Crippen LogP contribution in [0.4, 0.5) is 5.69 Å². The van der Waals surface area contributed by atoms with Crippen molar-refractivity contribution in [2.24, 2.45) is 5.41 Å². The first kappa shape index (κ1) is 16.2. The van der Waals surface area contributed by atoms with Gasteiger partial charge in [-0.2, -0.15) is 0 Å². The molecule has 0 bridgehead atoms. The van der Waals surface area contributed by atoms with Crippen molar-refractivity contribution in [3.8, 4) is 0 Å². The molecule has 1 spiro atoms. The molecule has 2 heteroatoms. The van der Waals surface area contributed by atoms with Gasteiger partial charge in [0.1, 0.15) is 0 Å². The summed E-state index contributed by atoms with van der Waals surface area (Å²) >= 11 is 0. The fraction of sp³-hybridized carbons (Fsp3) is 0.524. The molecule has 2 aliphatic rings. The van der Waals surface area contributed by atoms with Gasteiger partial charge in [-0.1, -0.05) is 52.1 Å². The lowest BCUT2D eigenvalue weighted by molar-refractivity contribution is 0.202. The number of rotatable bonds is 2. The summed E-state index contributed by atoms with van der Waals surface area (Å²) in [6, 6.07) is 8.81. The van der Waals surface area contributed by atoms with Gasteiger partial charge in [0.2, 0.25) is 0 Å². The summed E-state index contributed by atoms with van der Waals surface area (Å²) < 4.78 is 0. The number of fused-ring (bicyclic) bond motifs is 2. The van der Waals surface area contributed by atoms with Crippen molar-refractivity contribution in [3.05, 3.63) is 54.4 Å². The van der Waals surface area contributed by atoms with Crippen LogP contribution in [0.5, 0.6) is 0 Å². The van der Waals surface area contributed by atoms with E-state index in [1.54, 1.807) is 0 Å². The Balaban J connectivity index is 1.79. The Morgan fingerprint density at radius 3 is 2.39 bits per heavy atom. The molecule has 3 rings (SSSR count). The lowest BCUT2D eigenvalue weighted by Gasteiger charge is -2.43. The number of piperidine rings is 1. The van der Waals surface area contributed by atoms with Crippen molar-refractivity contribution >= 4 is 5.69 Å². The lowest BCUT2D eigenvalue weighted by Crippen LogP contribution is -2.43. The number of benzene rings is 1. The monoisotopic (exact) mass is 310 g/mol. The van der Waals surface area contributed by atoms with E-state index in [2.05, 4.69) is 75.0 Å². The highest BCUT2D eigenvalue weighted by Gasteiger charge is 2.46. The number of para-hydroxylation sites is 1. The third kappa shape index (κ3) is 2.69. The van der Waals surface area contributed by atoms with Crippen LogP contribution in [0.1, 0.15) is 45.6 Å². The van der Waals surface area contributed by atoms with Gasteiger partial charge in [-0.25, -0.2) is 0 Å². The molecule has 1 fully saturated rings. The van der Waals surface area contributed by atoms with E-state index in [1.807, 2.05) is 0 Å². The van der Waals surface area contributed by atoms with Crippen molar-refractivity contribution in [3.63, 3.8) is 0 Å². The molecule has 0 unspecified atom stereocenters. The number of likely N-dealkylation sites (tertiary alicyclic amines) is 1. The minimum absolute atomic E-state index is 0.129. The highest BCUT2D eigenvalue weighted by Crippen LogP contribution is 2.52. The van der Waals surface area contributed by atoms with Crippen LogP contribution in [0.15, 0.2) is 48.8 Å². The average Bonchev–Trinajstić information content (AvgIpc) is 2.70. The fourth-order valence-electron chi connectivity index (χ4n) is 4.28. The SMILES string of the molecule is C=C(CC(C)(C)C)N1CCC2(CC1)C(=C)N(C)c1ccccc12. The molecule has 1 aromatic rings. The number of hydrogen-bond acceptors (Lipinski definition) is 2. The maximum absolute atomic E-state index is 4.44. The maximum atomic E-state index is 4.44. The summed E-state index contributed by atoms with van der Waals surface area (Å²) in [5.74, 6) is 0. The van der Waals surface area contributed by atoms with Crippen molar-refractivity contribution in [1.82, 2.24) is 4.90 Å². The molecule has 1 aromatic carbocycles. The zero-order valence-corrected chi connectivity index (χ0v) is 15.2. The van der Waals surface area contributed by atoms with Crippen LogP contribution in [-0.2, 0) is 5.41 Å². The minimum Gasteiger partial charge on any atom is -0.375 e. The van der Waals surface area contributed by atoms with Crippen LogP contribution >= 0.6 is 0 Å². The first-order chi connectivity index (χ1) is 10.7. The Morgan fingerprint density at radius 1 is 1.17 bits per heavy atom. The Labute approximate surface area is 141 Å². The van der Waals surface area contributed by atoms with E-state index < -0.39 is 0 Å². The second-order valence-corrected chi connectivity index (χ2v) is 8.40. The summed E-state index contributed by atoms with van der Waals surface area (Å²) in [5.41, 5.74) is 5.78. The van der Waals surface area contributed by atoms with Crippen LogP contribution < -0.4 is 4.90 Å². The zero-order chi connectivity index (χ0) is 16.8. The summed E-state index contributed by atoms with van der Waals surface area (Å²) in [6.45, 7) is 17.8. The van der Waals surface area contributed by atoms with Crippen LogP contribution in [0, 0.1) is 5.41 Å². The van der Waals surface area contributed by atoms with E-state index in [1.165, 1.54) is 22.6 Å². The van der Waals surface area contributed by atoms with E-state index >= 15 is 0 Å². The lowest BCUT2D eigenvalue weighted by atomic mass is 9.72. The van der Waals surface area contributed by atoms with Gasteiger partial charge in [-0.05, 0) is 36.3 Å². The Bertz CT molecular complexity index is 627. The smallest absolute Gasteiger partial charge is 0.0448 e. The molecule has 23 heavy (non-hydrogen) atoms. The molecule has 2 aliphatic heterocycles. The van der Waals surface area contributed by atoms with Crippen molar-refractivity contribution in [2.75, 3.05) is 25.0 Å². The van der Waals surface area contributed by atoms with Crippen molar-refractivity contribution < 1.29 is 0 Å². The molecule has 0 aromatic heterocycles. The topological polar surface area (TPSA) is 6.48 Å². The van der Waals surface area contributed by atoms with Gasteiger partial charge in [0.05, 0.1) is 0 Å². The molecule has 0 aliphatic carbocycles. The fourth-order valence-corrected chi connectivity index (χ4v) is 4.28. The Morgan fingerprint density at radius 2 is 1.78 bits per heavy atom. The standard InChI is InChI=1S/C21H30N2/c1-16(15-20(3,4)5)23-13-11-21(12-14-23)17(2)22(6)19-10-8-7-9-18(19)21/h7-10H,1-2,11-15H2,3-6H3. The third-order valence-corrected chi connectivity index (χ3v) is 5.54. The van der Waals surface area contributed by atoms with Crippen LogP contribution in [0.3, 0.4) is 0 Å². The van der Waals surface area contributed by atoms with Gasteiger partial charge in [-0.15, -0.1) is 0 Å². The van der Waals surface area contributed by atoms with Gasteiger partial charge in [0, 0.05) is 42.6 Å². The molecular formula is C21H30N2. The second kappa shape index (κ2) is 5.43. The molecular weight excluding hydrogens is 280 g/mol. The van der Waals surface area contributed by atoms with Crippen molar-refractivity contribution in [2.45, 2.75) is 45.4 Å². The van der Waals surface area contributed by atoms with E-state index in [4.69, 9.17) is 0 Å². The van der Waals surface area contributed by atoms with Crippen LogP contribution in [0.2, 0.25) is 0 Å². The summed E-state index contributed by atoms with van der Waals surface area (Å²) in [7, 11) is 2.15. The molecule has 0 saturated carbocycles. The van der Waals surface area contributed by atoms with E-state index in [0.29, 0.717) is 5.41 Å². The summed E-state index contributed by atoms with van der Waals surface area (Å²) in [5, 5.41) is 0. The molecule has 2 heterocycles. The Kier molecular flexibility index (Phi) is 3.82. The first-order valence-electron chi connectivity index (χ1n) is 8.70. The van der Waals surface area contributed by atoms with E-state index in [9.17, 15) is 0 Å². The molecule has 0 radical (unpaired) electrons. The van der Waals surface area contributed by atoms with E-state index in [-0.39, 0.29) is 5.41 Å². The number of nitrogens with zero attached hydrogens (tertiary/aromatic N) is 2.